The summed E-state index contributed by atoms with van der Waals surface area (Å²) in [6, 6.07) is 8.92. The molecular weight excluding hydrogens is 352 g/mol. The van der Waals surface area contributed by atoms with Crippen LogP contribution in [0.3, 0.4) is 0 Å². The predicted molar refractivity (Wildman–Crippen MR) is 104 cm³/mol. The molecule has 2 rings (SSSR count). The molecule has 1 fully saturated rings. The summed E-state index contributed by atoms with van der Waals surface area (Å²) < 4.78 is 5.08. The van der Waals surface area contributed by atoms with Crippen molar-refractivity contribution in [2.45, 2.75) is 46.3 Å². The van der Waals surface area contributed by atoms with E-state index >= 15 is 0 Å². The molecule has 6 nitrogen and oxygen atoms in total. The molecule has 1 aliphatic rings. The number of rotatable bonds is 5. The number of hydrogen-bond donors (Lipinski definition) is 1. The summed E-state index contributed by atoms with van der Waals surface area (Å²) in [6.45, 7) is 6.10. The Morgan fingerprint density at radius 2 is 1.85 bits per heavy atom. The van der Waals surface area contributed by atoms with Gasteiger partial charge in [0.1, 0.15) is 13.2 Å². The van der Waals surface area contributed by atoms with Crippen LogP contribution in [0.15, 0.2) is 30.3 Å². The van der Waals surface area contributed by atoms with E-state index in [-0.39, 0.29) is 38.3 Å². The van der Waals surface area contributed by atoms with Gasteiger partial charge < -0.3 is 15.0 Å². The molecular formula is C19H28N2O4S. The monoisotopic (exact) mass is 380 g/mol. The molecule has 0 radical (unpaired) electrons. The van der Waals surface area contributed by atoms with Gasteiger partial charge in [0.25, 0.3) is 0 Å². The van der Waals surface area contributed by atoms with Crippen molar-refractivity contribution in [2.75, 3.05) is 13.1 Å². The summed E-state index contributed by atoms with van der Waals surface area (Å²) in [5.74, 6) is -0.193. The molecule has 1 saturated heterocycles. The maximum atomic E-state index is 12.5. The van der Waals surface area contributed by atoms with Crippen molar-refractivity contribution in [3.05, 3.63) is 35.9 Å². The van der Waals surface area contributed by atoms with Gasteiger partial charge in [-0.15, -0.1) is 0 Å². The van der Waals surface area contributed by atoms with Gasteiger partial charge in [0.05, 0.1) is 6.04 Å². The highest BCUT2D eigenvalue weighted by atomic mass is 32.1. The van der Waals surface area contributed by atoms with Crippen LogP contribution in [0, 0.1) is 5.41 Å². The maximum absolute atomic E-state index is 12.5. The third-order valence-corrected chi connectivity index (χ3v) is 4.21. The number of carbonyl (C=O) groups is 3. The molecule has 1 N–H and O–H groups in total. The van der Waals surface area contributed by atoms with Gasteiger partial charge >= 0.3 is 6.09 Å². The lowest BCUT2D eigenvalue weighted by Crippen LogP contribution is -2.48. The minimum absolute atomic E-state index is 0. The van der Waals surface area contributed by atoms with E-state index in [0.717, 1.165) is 12.0 Å². The fourth-order valence-corrected chi connectivity index (χ4v) is 2.86. The number of benzene rings is 1. The van der Waals surface area contributed by atoms with Gasteiger partial charge in [-0.25, -0.2) is 4.79 Å². The van der Waals surface area contributed by atoms with Crippen molar-refractivity contribution in [3.8, 4) is 0 Å². The lowest BCUT2D eigenvalue weighted by Gasteiger charge is -2.29. The van der Waals surface area contributed by atoms with Crippen LogP contribution in [0.5, 0.6) is 0 Å². The van der Waals surface area contributed by atoms with Crippen LogP contribution in [-0.4, -0.2) is 41.8 Å². The highest BCUT2D eigenvalue weighted by Gasteiger charge is 2.38. The second-order valence-electron chi connectivity index (χ2n) is 7.27. The van der Waals surface area contributed by atoms with Crippen molar-refractivity contribution in [1.82, 2.24) is 10.2 Å². The zero-order valence-electron chi connectivity index (χ0n) is 15.6. The Kier molecular flexibility index (Phi) is 8.14. The second-order valence-corrected chi connectivity index (χ2v) is 7.27. The molecule has 0 aromatic heterocycles. The van der Waals surface area contributed by atoms with Gasteiger partial charge in [0, 0.05) is 12.0 Å². The number of ether oxygens (including phenoxy) is 1. The first kappa shape index (κ1) is 22.0. The van der Waals surface area contributed by atoms with Gasteiger partial charge in [-0.3, -0.25) is 9.59 Å². The summed E-state index contributed by atoms with van der Waals surface area (Å²) in [6.07, 6.45) is 0.840. The van der Waals surface area contributed by atoms with Crippen LogP contribution >= 0.6 is 13.5 Å². The third kappa shape index (κ3) is 6.05. The molecule has 1 heterocycles. The summed E-state index contributed by atoms with van der Waals surface area (Å²) in [5.41, 5.74) is 0.384. The molecule has 0 bridgehead atoms. The van der Waals surface area contributed by atoms with Crippen LogP contribution in [-0.2, 0) is 20.9 Å². The molecule has 7 heteroatoms. The van der Waals surface area contributed by atoms with Crippen molar-refractivity contribution in [3.63, 3.8) is 0 Å². The van der Waals surface area contributed by atoms with Crippen LogP contribution in [0.25, 0.3) is 0 Å². The zero-order chi connectivity index (χ0) is 18.4. The fourth-order valence-electron chi connectivity index (χ4n) is 2.86. The SMILES string of the molecule is CC(C)(C)C(=O)[C@@H]1CCCN1C(=O)CNC(=O)OCc1ccccc1.S. The number of likely N-dealkylation sites (tertiary alicyclic amines) is 1. The Labute approximate surface area is 161 Å². The number of Topliss-reactive ketones (excluding diaryl/α,β-unsaturated/α-hetero) is 1. The van der Waals surface area contributed by atoms with E-state index in [1.807, 2.05) is 51.1 Å². The Bertz CT molecular complexity index is 628. The van der Waals surface area contributed by atoms with E-state index < -0.39 is 17.6 Å². The smallest absolute Gasteiger partial charge is 0.407 e. The summed E-state index contributed by atoms with van der Waals surface area (Å²) in [5, 5.41) is 2.46. The van der Waals surface area contributed by atoms with Crippen molar-refractivity contribution in [2.24, 2.45) is 5.41 Å². The van der Waals surface area contributed by atoms with E-state index in [0.29, 0.717) is 13.0 Å². The van der Waals surface area contributed by atoms with E-state index in [9.17, 15) is 14.4 Å². The zero-order valence-corrected chi connectivity index (χ0v) is 16.6. The first-order valence-electron chi connectivity index (χ1n) is 8.57. The quantitative estimate of drug-likeness (QED) is 0.852. The average Bonchev–Trinajstić information content (AvgIpc) is 3.06. The topological polar surface area (TPSA) is 75.7 Å². The molecule has 1 aromatic carbocycles. The van der Waals surface area contributed by atoms with Crippen LogP contribution in [0.2, 0.25) is 0 Å². The lowest BCUT2D eigenvalue weighted by atomic mass is 9.85. The van der Waals surface area contributed by atoms with Gasteiger partial charge in [-0.2, -0.15) is 13.5 Å². The summed E-state index contributed by atoms with van der Waals surface area (Å²) >= 11 is 0. The summed E-state index contributed by atoms with van der Waals surface area (Å²) in [4.78, 5) is 38.2. The average molecular weight is 381 g/mol. The number of nitrogens with one attached hydrogen (secondary N) is 1. The Morgan fingerprint density at radius 3 is 2.46 bits per heavy atom. The Morgan fingerprint density at radius 1 is 1.19 bits per heavy atom. The van der Waals surface area contributed by atoms with Crippen molar-refractivity contribution >= 4 is 31.3 Å². The lowest BCUT2D eigenvalue weighted by molar-refractivity contribution is -0.140. The Balaban J connectivity index is 0.00000338. The predicted octanol–water partition coefficient (Wildman–Crippen LogP) is 2.63. The molecule has 144 valence electrons. The maximum Gasteiger partial charge on any atom is 0.407 e. The van der Waals surface area contributed by atoms with Crippen molar-refractivity contribution < 1.29 is 19.1 Å². The first-order chi connectivity index (χ1) is 11.8. The molecule has 0 aliphatic carbocycles. The third-order valence-electron chi connectivity index (χ3n) is 4.21. The normalized spacial score (nSPS) is 16.6. The van der Waals surface area contributed by atoms with E-state index in [1.54, 1.807) is 4.90 Å². The highest BCUT2D eigenvalue weighted by molar-refractivity contribution is 7.59. The number of hydrogen-bond acceptors (Lipinski definition) is 4. The van der Waals surface area contributed by atoms with Gasteiger partial charge in [0.2, 0.25) is 5.91 Å². The van der Waals surface area contributed by atoms with Crippen LogP contribution in [0.1, 0.15) is 39.2 Å². The molecule has 1 atom stereocenters. The van der Waals surface area contributed by atoms with Crippen LogP contribution in [0.4, 0.5) is 4.79 Å². The molecule has 1 aliphatic heterocycles. The molecule has 0 saturated carbocycles. The van der Waals surface area contributed by atoms with Gasteiger partial charge in [-0.05, 0) is 18.4 Å². The van der Waals surface area contributed by atoms with Gasteiger partial charge in [0.15, 0.2) is 5.78 Å². The summed E-state index contributed by atoms with van der Waals surface area (Å²) in [7, 11) is 0. The number of alkyl carbamates (subject to hydrolysis) is 1. The number of ketones is 1. The molecule has 0 unspecified atom stereocenters. The molecule has 26 heavy (non-hydrogen) atoms. The number of amides is 2. The second kappa shape index (κ2) is 9.62. The fraction of sp³-hybridized carbons (Fsp3) is 0.526. The van der Waals surface area contributed by atoms with E-state index in [2.05, 4.69) is 5.32 Å². The number of carbonyl (C=O) groups excluding carboxylic acids is 3. The minimum Gasteiger partial charge on any atom is -0.445 e. The van der Waals surface area contributed by atoms with Gasteiger partial charge in [-0.1, -0.05) is 51.1 Å². The first-order valence-corrected chi connectivity index (χ1v) is 8.57. The molecule has 0 spiro atoms. The molecule has 1 aromatic rings. The van der Waals surface area contributed by atoms with E-state index in [4.69, 9.17) is 4.74 Å². The minimum atomic E-state index is -0.643. The standard InChI is InChI=1S/C19H26N2O4.H2S/c1-19(2,3)17(23)15-10-7-11-21(15)16(22)12-20-18(24)25-13-14-8-5-4-6-9-14;/h4-6,8-9,15H,7,10-13H2,1-3H3,(H,20,24);1H2/t15-;/m0./s1. The van der Waals surface area contributed by atoms with Crippen LogP contribution < -0.4 is 5.32 Å². The Hall–Kier alpha value is -2.02. The van der Waals surface area contributed by atoms with Crippen molar-refractivity contribution in [1.29, 1.82) is 0 Å². The highest BCUT2D eigenvalue weighted by Crippen LogP contribution is 2.26. The molecule has 2 amide bonds. The number of nitrogens with zero attached hydrogens (tertiary/aromatic N) is 1. The van der Waals surface area contributed by atoms with E-state index in [1.165, 1.54) is 0 Å². The largest absolute Gasteiger partial charge is 0.445 e.